The molecule has 1 heterocycles. The summed E-state index contributed by atoms with van der Waals surface area (Å²) in [5.41, 5.74) is 0. The topological polar surface area (TPSA) is 35.5 Å². The number of nitrogens with one attached hydrogen (secondary N) is 1. The van der Waals surface area contributed by atoms with Crippen molar-refractivity contribution in [3.8, 4) is 0 Å². The van der Waals surface area contributed by atoms with Gasteiger partial charge in [-0.15, -0.1) is 0 Å². The monoisotopic (exact) mass is 214 g/mol. The number of piperidine rings is 1. The van der Waals surface area contributed by atoms with E-state index < -0.39 is 0 Å². The molecular weight excluding hydrogens is 188 g/mol. The molecular formula is C12H26N2O. The van der Waals surface area contributed by atoms with Gasteiger partial charge in [-0.3, -0.25) is 0 Å². The van der Waals surface area contributed by atoms with Gasteiger partial charge in [0.2, 0.25) is 0 Å². The first-order valence-electron chi connectivity index (χ1n) is 6.22. The average molecular weight is 214 g/mol. The van der Waals surface area contributed by atoms with Crippen LogP contribution in [0.25, 0.3) is 0 Å². The van der Waals surface area contributed by atoms with Crippen LogP contribution in [0.2, 0.25) is 0 Å². The molecule has 1 saturated heterocycles. The Balaban J connectivity index is 2.30. The SMILES string of the molecule is CCC(CO)NC(C)C1CCN(C)CC1. The van der Waals surface area contributed by atoms with E-state index in [2.05, 4.69) is 31.1 Å². The second-order valence-corrected chi connectivity index (χ2v) is 4.88. The molecule has 0 bridgehead atoms. The molecule has 90 valence electrons. The summed E-state index contributed by atoms with van der Waals surface area (Å²) < 4.78 is 0. The van der Waals surface area contributed by atoms with Gasteiger partial charge in [0, 0.05) is 12.1 Å². The van der Waals surface area contributed by atoms with Crippen LogP contribution in [0.1, 0.15) is 33.1 Å². The van der Waals surface area contributed by atoms with Gasteiger partial charge in [0.15, 0.2) is 0 Å². The normalized spacial score (nSPS) is 24.0. The summed E-state index contributed by atoms with van der Waals surface area (Å²) in [6.07, 6.45) is 3.58. The minimum Gasteiger partial charge on any atom is -0.395 e. The van der Waals surface area contributed by atoms with Crippen molar-refractivity contribution in [3.63, 3.8) is 0 Å². The molecule has 3 heteroatoms. The van der Waals surface area contributed by atoms with Gasteiger partial charge < -0.3 is 15.3 Å². The van der Waals surface area contributed by atoms with Gasteiger partial charge in [-0.1, -0.05) is 6.92 Å². The van der Waals surface area contributed by atoms with Crippen molar-refractivity contribution in [2.24, 2.45) is 5.92 Å². The summed E-state index contributed by atoms with van der Waals surface area (Å²) in [6.45, 7) is 7.07. The van der Waals surface area contributed by atoms with E-state index >= 15 is 0 Å². The van der Waals surface area contributed by atoms with Gasteiger partial charge in [0.25, 0.3) is 0 Å². The Kier molecular flexibility index (Phi) is 5.58. The van der Waals surface area contributed by atoms with Crippen LogP contribution in [-0.2, 0) is 0 Å². The summed E-state index contributed by atoms with van der Waals surface area (Å²) in [5, 5.41) is 12.7. The highest BCUT2D eigenvalue weighted by atomic mass is 16.3. The van der Waals surface area contributed by atoms with Crippen molar-refractivity contribution in [2.45, 2.75) is 45.2 Å². The second-order valence-electron chi connectivity index (χ2n) is 4.88. The van der Waals surface area contributed by atoms with Gasteiger partial charge >= 0.3 is 0 Å². The maximum Gasteiger partial charge on any atom is 0.0584 e. The standard InChI is InChI=1S/C12H26N2O/c1-4-12(9-15)13-10(2)11-5-7-14(3)8-6-11/h10-13,15H,4-9H2,1-3H3. The molecule has 0 saturated carbocycles. The van der Waals surface area contributed by atoms with E-state index in [4.69, 9.17) is 5.11 Å². The Bertz CT molecular complexity index is 163. The molecule has 0 aromatic rings. The fourth-order valence-electron chi connectivity index (χ4n) is 2.34. The predicted molar refractivity (Wildman–Crippen MR) is 64.0 cm³/mol. The van der Waals surface area contributed by atoms with Crippen LogP contribution >= 0.6 is 0 Å². The zero-order valence-electron chi connectivity index (χ0n) is 10.4. The molecule has 3 nitrogen and oxygen atoms in total. The molecule has 0 spiro atoms. The van der Waals surface area contributed by atoms with Crippen LogP contribution in [0.15, 0.2) is 0 Å². The lowest BCUT2D eigenvalue weighted by Crippen LogP contribution is -2.45. The first-order valence-corrected chi connectivity index (χ1v) is 6.22. The summed E-state index contributed by atoms with van der Waals surface area (Å²) in [4.78, 5) is 2.40. The van der Waals surface area contributed by atoms with Crippen LogP contribution in [0.5, 0.6) is 0 Å². The van der Waals surface area contributed by atoms with Crippen molar-refractivity contribution in [3.05, 3.63) is 0 Å². The Morgan fingerprint density at radius 3 is 2.47 bits per heavy atom. The Morgan fingerprint density at radius 2 is 2.00 bits per heavy atom. The van der Waals surface area contributed by atoms with Gasteiger partial charge in [0.05, 0.1) is 6.61 Å². The largest absolute Gasteiger partial charge is 0.395 e. The molecule has 0 amide bonds. The van der Waals surface area contributed by atoms with Crippen LogP contribution in [0.4, 0.5) is 0 Å². The second kappa shape index (κ2) is 6.46. The lowest BCUT2D eigenvalue weighted by Gasteiger charge is -2.34. The Hall–Kier alpha value is -0.120. The minimum absolute atomic E-state index is 0.257. The zero-order chi connectivity index (χ0) is 11.3. The third-order valence-corrected chi connectivity index (χ3v) is 3.68. The Morgan fingerprint density at radius 1 is 1.40 bits per heavy atom. The number of rotatable bonds is 5. The lowest BCUT2D eigenvalue weighted by molar-refractivity contribution is 0.166. The van der Waals surface area contributed by atoms with Crippen LogP contribution in [-0.4, -0.2) is 48.8 Å². The van der Waals surface area contributed by atoms with Gasteiger partial charge in [0.1, 0.15) is 0 Å². The molecule has 0 radical (unpaired) electrons. The minimum atomic E-state index is 0.257. The molecule has 0 aromatic carbocycles. The number of likely N-dealkylation sites (tertiary alicyclic amines) is 1. The van der Waals surface area contributed by atoms with E-state index in [9.17, 15) is 0 Å². The number of nitrogens with zero attached hydrogens (tertiary/aromatic N) is 1. The van der Waals surface area contributed by atoms with Crippen LogP contribution in [0, 0.1) is 5.92 Å². The van der Waals surface area contributed by atoms with Gasteiger partial charge in [-0.2, -0.15) is 0 Å². The average Bonchev–Trinajstić information content (AvgIpc) is 2.26. The maximum atomic E-state index is 9.14. The lowest BCUT2D eigenvalue weighted by atomic mass is 9.90. The molecule has 1 rings (SSSR count). The fraction of sp³-hybridized carbons (Fsp3) is 1.00. The van der Waals surface area contributed by atoms with E-state index in [0.29, 0.717) is 6.04 Å². The maximum absolute atomic E-state index is 9.14. The molecule has 0 aromatic heterocycles. The van der Waals surface area contributed by atoms with Crippen LogP contribution < -0.4 is 5.32 Å². The molecule has 1 aliphatic heterocycles. The van der Waals surface area contributed by atoms with E-state index in [0.717, 1.165) is 12.3 Å². The zero-order valence-corrected chi connectivity index (χ0v) is 10.4. The molecule has 0 aliphatic carbocycles. The van der Waals surface area contributed by atoms with Crippen molar-refractivity contribution in [2.75, 3.05) is 26.7 Å². The van der Waals surface area contributed by atoms with Crippen molar-refractivity contribution in [1.29, 1.82) is 0 Å². The van der Waals surface area contributed by atoms with Crippen molar-refractivity contribution >= 4 is 0 Å². The molecule has 15 heavy (non-hydrogen) atoms. The number of aliphatic hydroxyl groups is 1. The highest BCUT2D eigenvalue weighted by molar-refractivity contribution is 4.80. The summed E-state index contributed by atoms with van der Waals surface area (Å²) in [5.74, 6) is 0.779. The van der Waals surface area contributed by atoms with Crippen molar-refractivity contribution < 1.29 is 5.11 Å². The quantitative estimate of drug-likeness (QED) is 0.719. The fourth-order valence-corrected chi connectivity index (χ4v) is 2.34. The number of aliphatic hydroxyl groups excluding tert-OH is 1. The van der Waals surface area contributed by atoms with E-state index in [1.54, 1.807) is 0 Å². The first-order chi connectivity index (χ1) is 7.17. The third kappa shape index (κ3) is 4.09. The molecule has 2 N–H and O–H groups in total. The van der Waals surface area contributed by atoms with Crippen molar-refractivity contribution in [1.82, 2.24) is 10.2 Å². The van der Waals surface area contributed by atoms with Gasteiger partial charge in [-0.25, -0.2) is 0 Å². The highest BCUT2D eigenvalue weighted by Gasteiger charge is 2.23. The molecule has 1 aliphatic rings. The van der Waals surface area contributed by atoms with E-state index in [1.807, 2.05) is 0 Å². The third-order valence-electron chi connectivity index (χ3n) is 3.68. The Labute approximate surface area is 93.9 Å². The first kappa shape index (κ1) is 12.9. The molecule has 2 unspecified atom stereocenters. The smallest absolute Gasteiger partial charge is 0.0584 e. The number of hydrogen-bond acceptors (Lipinski definition) is 3. The summed E-state index contributed by atoms with van der Waals surface area (Å²) >= 11 is 0. The summed E-state index contributed by atoms with van der Waals surface area (Å²) in [7, 11) is 2.19. The van der Waals surface area contributed by atoms with Gasteiger partial charge in [-0.05, 0) is 52.2 Å². The van der Waals surface area contributed by atoms with E-state index in [1.165, 1.54) is 25.9 Å². The summed E-state index contributed by atoms with van der Waals surface area (Å²) in [6, 6.07) is 0.815. The predicted octanol–water partition coefficient (Wildman–Crippen LogP) is 1.08. The number of hydrogen-bond donors (Lipinski definition) is 2. The molecule has 1 fully saturated rings. The highest BCUT2D eigenvalue weighted by Crippen LogP contribution is 2.19. The van der Waals surface area contributed by atoms with E-state index in [-0.39, 0.29) is 12.6 Å². The van der Waals surface area contributed by atoms with Crippen LogP contribution in [0.3, 0.4) is 0 Å². The molecule has 2 atom stereocenters.